The zero-order valence-electron chi connectivity index (χ0n) is 10.3. The van der Waals surface area contributed by atoms with E-state index in [4.69, 9.17) is 5.84 Å². The van der Waals surface area contributed by atoms with Crippen molar-refractivity contribution in [3.8, 4) is 0 Å². The van der Waals surface area contributed by atoms with Crippen LogP contribution in [0.15, 0.2) is 18.2 Å². The topological polar surface area (TPSA) is 38.0 Å². The van der Waals surface area contributed by atoms with E-state index in [1.165, 1.54) is 6.07 Å². The number of aryl methyl sites for hydroxylation is 1. The Balaban J connectivity index is 2.94. The number of nitrogens with one attached hydrogen (secondary N) is 1. The van der Waals surface area contributed by atoms with Crippen LogP contribution in [0, 0.1) is 18.7 Å². The summed E-state index contributed by atoms with van der Waals surface area (Å²) < 4.78 is 13.0. The Morgan fingerprint density at radius 2 is 2.12 bits per heavy atom. The fourth-order valence-corrected chi connectivity index (χ4v) is 2.17. The van der Waals surface area contributed by atoms with E-state index in [0.29, 0.717) is 5.92 Å². The largest absolute Gasteiger partial charge is 0.271 e. The van der Waals surface area contributed by atoms with Gasteiger partial charge in [-0.05, 0) is 42.5 Å². The maximum Gasteiger partial charge on any atom is 0.123 e. The van der Waals surface area contributed by atoms with Crippen molar-refractivity contribution >= 4 is 0 Å². The fourth-order valence-electron chi connectivity index (χ4n) is 2.17. The predicted molar refractivity (Wildman–Crippen MR) is 65.3 cm³/mol. The third kappa shape index (κ3) is 3.03. The van der Waals surface area contributed by atoms with Gasteiger partial charge in [0.15, 0.2) is 0 Å². The third-order valence-electron chi connectivity index (χ3n) is 3.06. The summed E-state index contributed by atoms with van der Waals surface area (Å²) in [6, 6.07) is 4.96. The van der Waals surface area contributed by atoms with Gasteiger partial charge in [0.1, 0.15) is 5.82 Å². The molecule has 0 saturated heterocycles. The lowest BCUT2D eigenvalue weighted by atomic mass is 9.89. The fraction of sp³-hybridized carbons (Fsp3) is 0.538. The van der Waals surface area contributed by atoms with Gasteiger partial charge in [0.2, 0.25) is 0 Å². The van der Waals surface area contributed by atoms with Gasteiger partial charge in [0.25, 0.3) is 0 Å². The lowest BCUT2D eigenvalue weighted by molar-refractivity contribution is 0.366. The molecule has 16 heavy (non-hydrogen) atoms. The Morgan fingerprint density at radius 3 is 2.62 bits per heavy atom. The summed E-state index contributed by atoms with van der Waals surface area (Å²) in [5.41, 5.74) is 4.88. The first kappa shape index (κ1) is 13.1. The van der Waals surface area contributed by atoms with E-state index >= 15 is 0 Å². The second-order valence-electron chi connectivity index (χ2n) is 4.41. The molecule has 90 valence electrons. The monoisotopic (exact) mass is 224 g/mol. The maximum atomic E-state index is 13.0. The van der Waals surface area contributed by atoms with Gasteiger partial charge in [-0.15, -0.1) is 0 Å². The van der Waals surface area contributed by atoms with Crippen LogP contribution in [-0.4, -0.2) is 0 Å². The summed E-state index contributed by atoms with van der Waals surface area (Å²) in [4.78, 5) is 0. The molecule has 2 atom stereocenters. The van der Waals surface area contributed by atoms with Crippen molar-refractivity contribution in [1.82, 2.24) is 5.43 Å². The summed E-state index contributed by atoms with van der Waals surface area (Å²) in [5.74, 6) is 5.85. The van der Waals surface area contributed by atoms with Crippen LogP contribution in [0.5, 0.6) is 0 Å². The van der Waals surface area contributed by atoms with Crippen LogP contribution in [0.1, 0.15) is 43.9 Å². The lowest BCUT2D eigenvalue weighted by Gasteiger charge is -2.24. The molecule has 0 aliphatic heterocycles. The molecule has 0 fully saturated rings. The van der Waals surface area contributed by atoms with Crippen LogP contribution in [0.3, 0.4) is 0 Å². The highest BCUT2D eigenvalue weighted by atomic mass is 19.1. The number of benzene rings is 1. The Labute approximate surface area is 97.0 Å². The summed E-state index contributed by atoms with van der Waals surface area (Å²) in [6.07, 6.45) is 2.23. The minimum atomic E-state index is -0.194. The van der Waals surface area contributed by atoms with Crippen LogP contribution >= 0.6 is 0 Å². The number of halogens is 1. The van der Waals surface area contributed by atoms with Gasteiger partial charge in [0, 0.05) is 6.04 Å². The van der Waals surface area contributed by atoms with Crippen LogP contribution < -0.4 is 11.3 Å². The average Bonchev–Trinajstić information content (AvgIpc) is 2.22. The average molecular weight is 224 g/mol. The van der Waals surface area contributed by atoms with Crippen LogP contribution in [0.4, 0.5) is 4.39 Å². The highest BCUT2D eigenvalue weighted by Crippen LogP contribution is 2.27. The van der Waals surface area contributed by atoms with E-state index in [1.807, 2.05) is 13.0 Å². The van der Waals surface area contributed by atoms with Crippen molar-refractivity contribution in [3.63, 3.8) is 0 Å². The quantitative estimate of drug-likeness (QED) is 0.596. The van der Waals surface area contributed by atoms with Crippen LogP contribution in [0.2, 0.25) is 0 Å². The SMILES string of the molecule is CCCC(C)C(NN)c1ccc(F)cc1C. The number of rotatable bonds is 5. The van der Waals surface area contributed by atoms with Crippen LogP contribution in [0.25, 0.3) is 0 Å². The van der Waals surface area contributed by atoms with Gasteiger partial charge in [-0.1, -0.05) is 26.3 Å². The molecule has 0 aromatic heterocycles. The molecule has 0 bridgehead atoms. The zero-order chi connectivity index (χ0) is 12.1. The first-order chi connectivity index (χ1) is 7.60. The maximum absolute atomic E-state index is 13.0. The van der Waals surface area contributed by atoms with Crippen molar-refractivity contribution in [1.29, 1.82) is 0 Å². The second kappa shape index (κ2) is 5.97. The van der Waals surface area contributed by atoms with Gasteiger partial charge in [-0.2, -0.15) is 0 Å². The van der Waals surface area contributed by atoms with Gasteiger partial charge in [0.05, 0.1) is 0 Å². The summed E-state index contributed by atoms with van der Waals surface area (Å²) >= 11 is 0. The van der Waals surface area contributed by atoms with Crippen molar-refractivity contribution in [2.24, 2.45) is 11.8 Å². The first-order valence-corrected chi connectivity index (χ1v) is 5.82. The molecule has 2 unspecified atom stereocenters. The van der Waals surface area contributed by atoms with Gasteiger partial charge >= 0.3 is 0 Å². The minimum absolute atomic E-state index is 0.0977. The molecule has 0 aliphatic rings. The molecule has 0 radical (unpaired) electrons. The Hall–Kier alpha value is -0.930. The van der Waals surface area contributed by atoms with Gasteiger partial charge < -0.3 is 0 Å². The molecule has 1 aromatic carbocycles. The summed E-state index contributed by atoms with van der Waals surface area (Å²) in [6.45, 7) is 6.24. The number of hydrazine groups is 1. The van der Waals surface area contributed by atoms with E-state index < -0.39 is 0 Å². The minimum Gasteiger partial charge on any atom is -0.271 e. The molecule has 0 aliphatic carbocycles. The third-order valence-corrected chi connectivity index (χ3v) is 3.06. The Bertz CT molecular complexity index is 339. The highest BCUT2D eigenvalue weighted by Gasteiger charge is 2.18. The van der Waals surface area contributed by atoms with Crippen molar-refractivity contribution in [2.45, 2.75) is 39.7 Å². The molecule has 3 heteroatoms. The molecule has 2 nitrogen and oxygen atoms in total. The molecule has 1 aromatic rings. The van der Waals surface area contributed by atoms with E-state index in [9.17, 15) is 4.39 Å². The standard InChI is InChI=1S/C13H21FN2/c1-4-5-9(2)13(16-15)12-7-6-11(14)8-10(12)3/h6-9,13,16H,4-5,15H2,1-3H3. The van der Waals surface area contributed by atoms with E-state index in [1.54, 1.807) is 6.07 Å². The summed E-state index contributed by atoms with van der Waals surface area (Å²) in [5, 5.41) is 0. The van der Waals surface area contributed by atoms with E-state index in [2.05, 4.69) is 19.3 Å². The molecule has 0 saturated carbocycles. The van der Waals surface area contributed by atoms with Crippen molar-refractivity contribution in [3.05, 3.63) is 35.1 Å². The first-order valence-electron chi connectivity index (χ1n) is 5.82. The molecular weight excluding hydrogens is 203 g/mol. The Morgan fingerprint density at radius 1 is 1.44 bits per heavy atom. The van der Waals surface area contributed by atoms with Crippen molar-refractivity contribution < 1.29 is 4.39 Å². The van der Waals surface area contributed by atoms with E-state index in [-0.39, 0.29) is 11.9 Å². The number of hydrogen-bond donors (Lipinski definition) is 2. The molecule has 3 N–H and O–H groups in total. The predicted octanol–water partition coefficient (Wildman–Crippen LogP) is 3.07. The van der Waals surface area contributed by atoms with Gasteiger partial charge in [-0.25, -0.2) is 4.39 Å². The Kier molecular flexibility index (Phi) is 4.90. The summed E-state index contributed by atoms with van der Waals surface area (Å²) in [7, 11) is 0. The molecular formula is C13H21FN2. The van der Waals surface area contributed by atoms with E-state index in [0.717, 1.165) is 24.0 Å². The normalized spacial score (nSPS) is 14.8. The van der Waals surface area contributed by atoms with Crippen molar-refractivity contribution in [2.75, 3.05) is 0 Å². The second-order valence-corrected chi connectivity index (χ2v) is 4.41. The molecule has 0 heterocycles. The number of nitrogens with two attached hydrogens (primary N) is 1. The molecule has 0 spiro atoms. The zero-order valence-corrected chi connectivity index (χ0v) is 10.3. The lowest BCUT2D eigenvalue weighted by Crippen LogP contribution is -2.33. The van der Waals surface area contributed by atoms with Gasteiger partial charge in [-0.3, -0.25) is 11.3 Å². The smallest absolute Gasteiger partial charge is 0.123 e. The molecule has 0 amide bonds. The molecule has 1 rings (SSSR count). The number of hydrogen-bond acceptors (Lipinski definition) is 2. The van der Waals surface area contributed by atoms with Crippen LogP contribution in [-0.2, 0) is 0 Å². The highest BCUT2D eigenvalue weighted by molar-refractivity contribution is 5.29.